The van der Waals surface area contributed by atoms with Crippen LogP contribution in [0.5, 0.6) is 0 Å². The fraction of sp³-hybridized carbons (Fsp3) is 0.400. The molecule has 2 aromatic rings. The number of aryl methyl sites for hydroxylation is 1. The Hall–Kier alpha value is -1.95. The first-order valence-corrected chi connectivity index (χ1v) is 10.7. The fourth-order valence-electron chi connectivity index (χ4n) is 2.67. The van der Waals surface area contributed by atoms with Gasteiger partial charge in [-0.25, -0.2) is 4.68 Å². The number of carbonyl (C=O) groups excluding carboxylic acids is 1. The van der Waals surface area contributed by atoms with Crippen LogP contribution in [-0.2, 0) is 11.3 Å². The van der Waals surface area contributed by atoms with Crippen molar-refractivity contribution in [1.29, 1.82) is 0 Å². The SMILES string of the molecule is Cc1ccc(C2NC(=O)Cn3nnc([Si](C)(C)C)c32)cc1. The zero-order chi connectivity index (χ0) is 15.2. The van der Waals surface area contributed by atoms with Crippen LogP contribution in [-0.4, -0.2) is 29.0 Å². The van der Waals surface area contributed by atoms with Crippen molar-refractivity contribution in [3.8, 4) is 0 Å². The first kappa shape index (κ1) is 14.0. The maximum Gasteiger partial charge on any atom is 0.242 e. The molecule has 2 heterocycles. The summed E-state index contributed by atoms with van der Waals surface area (Å²) in [4.78, 5) is 11.9. The van der Waals surface area contributed by atoms with Crippen molar-refractivity contribution >= 4 is 19.3 Å². The summed E-state index contributed by atoms with van der Waals surface area (Å²) in [5.41, 5.74) is 3.34. The van der Waals surface area contributed by atoms with E-state index in [-0.39, 0.29) is 18.5 Å². The zero-order valence-corrected chi connectivity index (χ0v) is 13.8. The number of rotatable bonds is 2. The van der Waals surface area contributed by atoms with Gasteiger partial charge in [0.25, 0.3) is 0 Å². The standard InChI is InChI=1S/C15H20N4OSi/c1-10-5-7-11(8-6-10)13-14-15(21(2,3)4)17-18-19(14)9-12(20)16-13/h5-8,13H,9H2,1-4H3,(H,16,20). The molecule has 0 fully saturated rings. The van der Waals surface area contributed by atoms with Gasteiger partial charge in [-0.05, 0) is 12.5 Å². The third-order valence-corrected chi connectivity index (χ3v) is 5.54. The number of amides is 1. The van der Waals surface area contributed by atoms with Gasteiger partial charge in [-0.15, -0.1) is 5.10 Å². The fourth-order valence-corrected chi connectivity index (χ4v) is 4.05. The van der Waals surface area contributed by atoms with Gasteiger partial charge >= 0.3 is 0 Å². The molecule has 3 rings (SSSR count). The van der Waals surface area contributed by atoms with Crippen LogP contribution in [0.2, 0.25) is 19.6 Å². The first-order chi connectivity index (χ1) is 9.86. The summed E-state index contributed by atoms with van der Waals surface area (Å²) in [5.74, 6) is -0.0138. The molecule has 0 spiro atoms. The van der Waals surface area contributed by atoms with E-state index in [0.29, 0.717) is 0 Å². The van der Waals surface area contributed by atoms with E-state index in [0.717, 1.165) is 16.6 Å². The Morgan fingerprint density at radius 1 is 1.24 bits per heavy atom. The lowest BCUT2D eigenvalue weighted by Gasteiger charge is -2.27. The second-order valence-corrected chi connectivity index (χ2v) is 11.6. The quantitative estimate of drug-likeness (QED) is 0.852. The van der Waals surface area contributed by atoms with Crippen LogP contribution in [0.25, 0.3) is 0 Å². The highest BCUT2D eigenvalue weighted by Gasteiger charge is 2.35. The molecule has 1 aliphatic heterocycles. The van der Waals surface area contributed by atoms with Crippen molar-refractivity contribution in [3.63, 3.8) is 0 Å². The summed E-state index contributed by atoms with van der Waals surface area (Å²) in [7, 11) is -1.61. The summed E-state index contributed by atoms with van der Waals surface area (Å²) >= 11 is 0. The minimum atomic E-state index is -1.61. The van der Waals surface area contributed by atoms with E-state index in [4.69, 9.17) is 0 Å². The summed E-state index contributed by atoms with van der Waals surface area (Å²) in [6, 6.07) is 8.12. The number of hydrogen-bond donors (Lipinski definition) is 1. The van der Waals surface area contributed by atoms with Gasteiger partial charge in [0.2, 0.25) is 5.91 Å². The third-order valence-electron chi connectivity index (χ3n) is 3.77. The second-order valence-electron chi connectivity index (χ2n) is 6.64. The summed E-state index contributed by atoms with van der Waals surface area (Å²) in [6.07, 6.45) is 0. The predicted molar refractivity (Wildman–Crippen MR) is 84.2 cm³/mol. The Bertz CT molecular complexity index is 685. The molecular formula is C15H20N4OSi. The average molecular weight is 300 g/mol. The smallest absolute Gasteiger partial charge is 0.242 e. The number of fused-ring (bicyclic) bond motifs is 1. The molecular weight excluding hydrogens is 280 g/mol. The van der Waals surface area contributed by atoms with E-state index in [2.05, 4.69) is 66.5 Å². The summed E-state index contributed by atoms with van der Waals surface area (Å²) in [6.45, 7) is 9.07. The minimum Gasteiger partial charge on any atom is -0.342 e. The van der Waals surface area contributed by atoms with Crippen molar-refractivity contribution in [2.24, 2.45) is 0 Å². The molecule has 110 valence electrons. The van der Waals surface area contributed by atoms with Crippen LogP contribution >= 0.6 is 0 Å². The van der Waals surface area contributed by atoms with Gasteiger partial charge in [0.15, 0.2) is 0 Å². The highest BCUT2D eigenvalue weighted by Crippen LogP contribution is 2.25. The Labute approximate surface area is 125 Å². The molecule has 1 unspecified atom stereocenters. The van der Waals surface area contributed by atoms with Crippen LogP contribution in [0.4, 0.5) is 0 Å². The number of hydrogen-bond acceptors (Lipinski definition) is 3. The molecule has 1 aromatic heterocycles. The lowest BCUT2D eigenvalue weighted by atomic mass is 10.0. The first-order valence-electron chi connectivity index (χ1n) is 7.16. The van der Waals surface area contributed by atoms with Crippen molar-refractivity contribution in [3.05, 3.63) is 41.1 Å². The third kappa shape index (κ3) is 2.51. The van der Waals surface area contributed by atoms with Crippen molar-refractivity contribution in [2.75, 3.05) is 0 Å². The van der Waals surface area contributed by atoms with E-state index < -0.39 is 8.07 Å². The Kier molecular flexibility index (Phi) is 3.20. The van der Waals surface area contributed by atoms with Crippen molar-refractivity contribution < 1.29 is 4.79 Å². The molecule has 0 bridgehead atoms. The average Bonchev–Trinajstić information content (AvgIpc) is 2.82. The molecule has 0 saturated carbocycles. The normalized spacial score (nSPS) is 18.3. The molecule has 5 nitrogen and oxygen atoms in total. The Morgan fingerprint density at radius 3 is 2.52 bits per heavy atom. The van der Waals surface area contributed by atoms with Gasteiger partial charge in [-0.2, -0.15) is 0 Å². The molecule has 1 amide bonds. The molecule has 21 heavy (non-hydrogen) atoms. The number of nitrogens with one attached hydrogen (secondary N) is 1. The lowest BCUT2D eigenvalue weighted by molar-refractivity contribution is -0.123. The molecule has 0 saturated heterocycles. The number of benzene rings is 1. The van der Waals surface area contributed by atoms with Crippen LogP contribution in [0.3, 0.4) is 0 Å². The Morgan fingerprint density at radius 2 is 1.90 bits per heavy atom. The highest BCUT2D eigenvalue weighted by molar-refractivity contribution is 6.88. The Balaban J connectivity index is 2.14. The molecule has 6 heteroatoms. The van der Waals surface area contributed by atoms with Gasteiger partial charge in [-0.1, -0.05) is 54.7 Å². The molecule has 0 radical (unpaired) electrons. The van der Waals surface area contributed by atoms with E-state index in [9.17, 15) is 4.79 Å². The van der Waals surface area contributed by atoms with Gasteiger partial charge in [-0.3, -0.25) is 4.79 Å². The number of carbonyl (C=O) groups is 1. The molecule has 1 aliphatic rings. The molecule has 1 N–H and O–H groups in total. The van der Waals surface area contributed by atoms with Gasteiger partial charge in [0.1, 0.15) is 14.6 Å². The monoisotopic (exact) mass is 300 g/mol. The predicted octanol–water partition coefficient (Wildman–Crippen LogP) is 1.35. The lowest BCUT2D eigenvalue weighted by Crippen LogP contribution is -2.47. The summed E-state index contributed by atoms with van der Waals surface area (Å²) < 4.78 is 1.76. The molecule has 1 atom stereocenters. The second kappa shape index (κ2) is 4.80. The number of aromatic nitrogens is 3. The topological polar surface area (TPSA) is 59.8 Å². The van der Waals surface area contributed by atoms with E-state index in [1.54, 1.807) is 4.68 Å². The van der Waals surface area contributed by atoms with E-state index in [1.165, 1.54) is 5.56 Å². The maximum absolute atomic E-state index is 11.9. The van der Waals surface area contributed by atoms with Crippen LogP contribution in [0.15, 0.2) is 24.3 Å². The summed E-state index contributed by atoms with van der Waals surface area (Å²) in [5, 5.41) is 12.8. The van der Waals surface area contributed by atoms with Crippen molar-refractivity contribution in [2.45, 2.75) is 39.2 Å². The molecule has 1 aromatic carbocycles. The number of nitrogens with zero attached hydrogens (tertiary/aromatic N) is 3. The van der Waals surface area contributed by atoms with E-state index in [1.807, 2.05) is 0 Å². The van der Waals surface area contributed by atoms with Crippen LogP contribution < -0.4 is 10.6 Å². The van der Waals surface area contributed by atoms with E-state index >= 15 is 0 Å². The van der Waals surface area contributed by atoms with Gasteiger partial charge < -0.3 is 5.32 Å². The molecule has 0 aliphatic carbocycles. The van der Waals surface area contributed by atoms with Crippen LogP contribution in [0.1, 0.15) is 22.9 Å². The highest BCUT2D eigenvalue weighted by atomic mass is 28.3. The largest absolute Gasteiger partial charge is 0.342 e. The van der Waals surface area contributed by atoms with Crippen LogP contribution in [0, 0.1) is 6.92 Å². The van der Waals surface area contributed by atoms with Gasteiger partial charge in [0, 0.05) is 0 Å². The maximum atomic E-state index is 11.9. The van der Waals surface area contributed by atoms with Crippen molar-refractivity contribution in [1.82, 2.24) is 20.3 Å². The minimum absolute atomic E-state index is 0.0138. The van der Waals surface area contributed by atoms with Gasteiger partial charge in [0.05, 0.1) is 17.1 Å². The zero-order valence-electron chi connectivity index (χ0n) is 12.8.